The highest BCUT2D eigenvalue weighted by Gasteiger charge is 2.26. The van der Waals surface area contributed by atoms with E-state index in [1.54, 1.807) is 12.2 Å². The summed E-state index contributed by atoms with van der Waals surface area (Å²) in [5.74, 6) is -0.100. The maximum absolute atomic E-state index is 12.7. The minimum atomic E-state index is -0.584. The Morgan fingerprint density at radius 2 is 1.72 bits per heavy atom. The summed E-state index contributed by atoms with van der Waals surface area (Å²) in [6, 6.07) is 0. The molecule has 3 N–H and O–H groups in total. The Bertz CT molecular complexity index is 752. The van der Waals surface area contributed by atoms with Crippen molar-refractivity contribution >= 4 is 23.4 Å². The van der Waals surface area contributed by atoms with E-state index in [4.69, 9.17) is 16.3 Å². The van der Waals surface area contributed by atoms with Gasteiger partial charge >= 0.3 is 0 Å². The first-order chi connectivity index (χ1) is 15.0. The molecule has 0 atom stereocenters. The second-order valence-corrected chi connectivity index (χ2v) is 8.45. The van der Waals surface area contributed by atoms with Crippen molar-refractivity contribution in [3.05, 3.63) is 59.8 Å². The average molecular weight is 467 g/mol. The van der Waals surface area contributed by atoms with Crippen LogP contribution in [0.3, 0.4) is 0 Å². The molecule has 0 aliphatic rings. The molecule has 0 saturated carbocycles. The summed E-state index contributed by atoms with van der Waals surface area (Å²) in [6.07, 6.45) is 5.79. The number of hydrogen-bond acceptors (Lipinski definition) is 5. The summed E-state index contributed by atoms with van der Waals surface area (Å²) >= 11 is 5.81. The quantitative estimate of drug-likeness (QED) is 0.253. The van der Waals surface area contributed by atoms with Crippen molar-refractivity contribution in [2.45, 2.75) is 40.0 Å². The largest absolute Gasteiger partial charge is 0.491 e. The minimum absolute atomic E-state index is 0.128. The van der Waals surface area contributed by atoms with Crippen molar-refractivity contribution < 1.29 is 14.3 Å². The molecule has 0 fully saturated rings. The number of rotatable bonds is 15. The van der Waals surface area contributed by atoms with Crippen LogP contribution in [0.2, 0.25) is 0 Å². The lowest BCUT2D eigenvalue weighted by Gasteiger charge is -2.24. The van der Waals surface area contributed by atoms with Gasteiger partial charge < -0.3 is 25.6 Å². The van der Waals surface area contributed by atoms with Crippen molar-refractivity contribution in [1.82, 2.24) is 20.9 Å². The Balaban J connectivity index is 5.18. The molecule has 0 aromatic rings. The van der Waals surface area contributed by atoms with Gasteiger partial charge in [0.25, 0.3) is 0 Å². The highest BCUT2D eigenvalue weighted by molar-refractivity contribution is 6.25. The molecule has 32 heavy (non-hydrogen) atoms. The van der Waals surface area contributed by atoms with Crippen molar-refractivity contribution in [3.63, 3.8) is 0 Å². The summed E-state index contributed by atoms with van der Waals surface area (Å²) in [7, 11) is 5.79. The SMILES string of the molecule is C=C/C=C(NC(=O)CC(C)(C)CC(=O)N/C(C=C)=C(\CCN(C)C)NC)\C(=C/Cl)OCC. The van der Waals surface area contributed by atoms with Crippen LogP contribution in [0.15, 0.2) is 59.8 Å². The molecule has 8 heteroatoms. The van der Waals surface area contributed by atoms with Crippen LogP contribution in [0.4, 0.5) is 0 Å². The van der Waals surface area contributed by atoms with E-state index in [2.05, 4.69) is 34.0 Å². The first-order valence-electron chi connectivity index (χ1n) is 10.6. The molecular weight excluding hydrogens is 428 g/mol. The van der Waals surface area contributed by atoms with Gasteiger partial charge in [0.05, 0.1) is 18.0 Å². The molecule has 0 bridgehead atoms. The fraction of sp³-hybridized carbons (Fsp3) is 0.500. The Labute approximate surface area is 198 Å². The zero-order valence-electron chi connectivity index (χ0n) is 20.3. The fourth-order valence-corrected chi connectivity index (χ4v) is 3.11. The van der Waals surface area contributed by atoms with Crippen molar-refractivity contribution in [1.29, 1.82) is 0 Å². The first kappa shape index (κ1) is 29.5. The number of allylic oxidation sites excluding steroid dienone is 3. The van der Waals surface area contributed by atoms with Gasteiger partial charge in [-0.25, -0.2) is 0 Å². The van der Waals surface area contributed by atoms with E-state index < -0.39 is 5.41 Å². The van der Waals surface area contributed by atoms with Gasteiger partial charge in [-0.2, -0.15) is 0 Å². The summed E-state index contributed by atoms with van der Waals surface area (Å²) in [5, 5.41) is 8.84. The Morgan fingerprint density at radius 3 is 2.16 bits per heavy atom. The van der Waals surface area contributed by atoms with E-state index in [-0.39, 0.29) is 24.7 Å². The number of carbonyl (C=O) groups is 2. The molecular formula is C24H39ClN4O3. The lowest BCUT2D eigenvalue weighted by Crippen LogP contribution is -2.34. The zero-order chi connectivity index (χ0) is 24.7. The number of halogens is 1. The van der Waals surface area contributed by atoms with Crippen LogP contribution < -0.4 is 16.0 Å². The summed E-state index contributed by atoms with van der Waals surface area (Å²) in [5.41, 5.74) is 2.63. The number of carbonyl (C=O) groups excluding carboxylic acids is 2. The summed E-state index contributed by atoms with van der Waals surface area (Å²) < 4.78 is 5.44. The molecule has 0 rings (SSSR count). The normalized spacial score (nSPS) is 13.2. The Morgan fingerprint density at radius 1 is 1.12 bits per heavy atom. The van der Waals surface area contributed by atoms with Gasteiger partial charge in [0, 0.05) is 44.1 Å². The highest BCUT2D eigenvalue weighted by Crippen LogP contribution is 2.26. The van der Waals surface area contributed by atoms with Gasteiger partial charge in [-0.1, -0.05) is 44.7 Å². The number of amides is 2. The van der Waals surface area contributed by atoms with Crippen LogP contribution in [0.5, 0.6) is 0 Å². The molecule has 0 spiro atoms. The lowest BCUT2D eigenvalue weighted by molar-refractivity contribution is -0.125. The van der Waals surface area contributed by atoms with Crippen LogP contribution in [-0.4, -0.2) is 51.0 Å². The zero-order valence-corrected chi connectivity index (χ0v) is 21.1. The Hall–Kier alpha value is -2.51. The van der Waals surface area contributed by atoms with Gasteiger partial charge in [-0.3, -0.25) is 9.59 Å². The van der Waals surface area contributed by atoms with Crippen molar-refractivity contribution in [2.75, 3.05) is 34.3 Å². The van der Waals surface area contributed by atoms with Crippen LogP contribution in [-0.2, 0) is 14.3 Å². The third kappa shape index (κ3) is 11.8. The van der Waals surface area contributed by atoms with Crippen molar-refractivity contribution in [3.8, 4) is 0 Å². The van der Waals surface area contributed by atoms with Gasteiger partial charge in [0.2, 0.25) is 11.8 Å². The van der Waals surface area contributed by atoms with E-state index in [0.717, 1.165) is 18.7 Å². The average Bonchev–Trinajstić information content (AvgIpc) is 2.69. The topological polar surface area (TPSA) is 82.7 Å². The molecule has 7 nitrogen and oxygen atoms in total. The molecule has 0 heterocycles. The van der Waals surface area contributed by atoms with Gasteiger partial charge in [0.15, 0.2) is 5.76 Å². The second-order valence-electron chi connectivity index (χ2n) is 8.24. The number of ether oxygens (including phenoxy) is 1. The molecule has 0 aromatic carbocycles. The molecule has 0 unspecified atom stereocenters. The van der Waals surface area contributed by atoms with Crippen molar-refractivity contribution in [2.24, 2.45) is 5.41 Å². The number of hydrogen-bond donors (Lipinski definition) is 3. The molecule has 0 aromatic heterocycles. The van der Waals surface area contributed by atoms with Crippen LogP contribution >= 0.6 is 11.6 Å². The van der Waals surface area contributed by atoms with Crippen LogP contribution in [0, 0.1) is 5.41 Å². The fourth-order valence-electron chi connectivity index (χ4n) is 2.93. The molecule has 0 aliphatic carbocycles. The third-order valence-electron chi connectivity index (χ3n) is 4.42. The Kier molecular flexibility index (Phi) is 14.1. The molecule has 0 saturated heterocycles. The van der Waals surface area contributed by atoms with Gasteiger partial charge in [0.1, 0.15) is 0 Å². The summed E-state index contributed by atoms with van der Waals surface area (Å²) in [6.45, 7) is 14.2. The number of nitrogens with one attached hydrogen (secondary N) is 3. The van der Waals surface area contributed by atoms with E-state index in [1.165, 1.54) is 11.6 Å². The van der Waals surface area contributed by atoms with E-state index in [0.29, 0.717) is 23.8 Å². The molecule has 180 valence electrons. The van der Waals surface area contributed by atoms with E-state index in [9.17, 15) is 9.59 Å². The minimum Gasteiger partial charge on any atom is -0.491 e. The van der Waals surface area contributed by atoms with E-state index >= 15 is 0 Å². The molecule has 0 radical (unpaired) electrons. The summed E-state index contributed by atoms with van der Waals surface area (Å²) in [4.78, 5) is 27.4. The maximum Gasteiger partial charge on any atom is 0.225 e. The van der Waals surface area contributed by atoms with Gasteiger partial charge in [-0.15, -0.1) is 0 Å². The first-order valence-corrected chi connectivity index (χ1v) is 11.0. The highest BCUT2D eigenvalue weighted by atomic mass is 35.5. The smallest absolute Gasteiger partial charge is 0.225 e. The monoisotopic (exact) mass is 466 g/mol. The standard InChI is InChI=1S/C24H39ClN4O3/c1-9-12-20(21(17-25)32-11-3)28-23(31)16-24(4,5)15-22(30)27-18(10-2)19(26-6)13-14-29(7)8/h9-10,12,17,26H,1-2,11,13-16H2,3-8H3,(H,27,30)(H,28,31)/b19-18+,20-12+,21-17+. The molecule has 0 aliphatic heterocycles. The van der Waals surface area contributed by atoms with E-state index in [1.807, 2.05) is 41.9 Å². The molecule has 2 amide bonds. The van der Waals surface area contributed by atoms with Crippen LogP contribution in [0.25, 0.3) is 0 Å². The van der Waals surface area contributed by atoms with Gasteiger partial charge in [-0.05, 0) is 38.6 Å². The van der Waals surface area contributed by atoms with Crippen LogP contribution in [0.1, 0.15) is 40.0 Å². The maximum atomic E-state index is 12.7. The third-order valence-corrected chi connectivity index (χ3v) is 4.61. The predicted octanol–water partition coefficient (Wildman–Crippen LogP) is 3.78. The predicted molar refractivity (Wildman–Crippen MR) is 133 cm³/mol. The second kappa shape index (κ2) is 15.3. The number of nitrogens with zero attached hydrogens (tertiary/aromatic N) is 1. The lowest BCUT2D eigenvalue weighted by atomic mass is 9.85.